The zero-order valence-electron chi connectivity index (χ0n) is 15.6. The first-order valence-electron chi connectivity index (χ1n) is 8.79. The number of amides is 1. The summed E-state index contributed by atoms with van der Waals surface area (Å²) >= 11 is 0. The molecule has 150 valence electrons. The lowest BCUT2D eigenvalue weighted by atomic mass is 10.2. The van der Waals surface area contributed by atoms with Gasteiger partial charge in [0.2, 0.25) is 10.0 Å². The number of rotatable bonds is 6. The number of aromatic nitrogens is 1. The summed E-state index contributed by atoms with van der Waals surface area (Å²) in [4.78, 5) is 24.2. The Balaban J connectivity index is 1.62. The number of anilines is 1. The normalized spacial score (nSPS) is 14.8. The van der Waals surface area contributed by atoms with Crippen LogP contribution >= 0.6 is 0 Å². The van der Waals surface area contributed by atoms with E-state index in [1.54, 1.807) is 26.0 Å². The molecule has 1 aromatic carbocycles. The third-order valence-electron chi connectivity index (χ3n) is 4.39. The molecule has 0 radical (unpaired) electrons. The van der Waals surface area contributed by atoms with E-state index in [9.17, 15) is 18.0 Å². The molecule has 0 unspecified atom stereocenters. The van der Waals surface area contributed by atoms with Crippen LogP contribution in [-0.4, -0.2) is 49.5 Å². The highest BCUT2D eigenvalue weighted by Crippen LogP contribution is 2.23. The van der Waals surface area contributed by atoms with Crippen molar-refractivity contribution in [2.24, 2.45) is 0 Å². The molecule has 1 aromatic heterocycles. The van der Waals surface area contributed by atoms with E-state index in [4.69, 9.17) is 9.26 Å². The molecule has 1 aliphatic heterocycles. The van der Waals surface area contributed by atoms with Crippen molar-refractivity contribution in [3.63, 3.8) is 0 Å². The standard InChI is InChI=1S/C18H21N3O6S/c1-12-17(13(2)27-20-12)18(23)26-11-16(22)19-14-6-5-7-15(10-14)28(24,25)21-8-3-4-9-21/h5-7,10H,3-4,8-9,11H2,1-2H3,(H,19,22). The molecule has 1 amide bonds. The van der Waals surface area contributed by atoms with Gasteiger partial charge >= 0.3 is 5.97 Å². The van der Waals surface area contributed by atoms with Gasteiger partial charge in [-0.3, -0.25) is 4.79 Å². The smallest absolute Gasteiger partial charge is 0.344 e. The molecule has 9 nitrogen and oxygen atoms in total. The van der Waals surface area contributed by atoms with Crippen LogP contribution in [0.25, 0.3) is 0 Å². The first kappa shape index (κ1) is 20.0. The monoisotopic (exact) mass is 407 g/mol. The number of nitrogens with zero attached hydrogens (tertiary/aromatic N) is 2. The summed E-state index contributed by atoms with van der Waals surface area (Å²) in [5, 5.41) is 6.20. The summed E-state index contributed by atoms with van der Waals surface area (Å²) in [7, 11) is -3.58. The third-order valence-corrected chi connectivity index (χ3v) is 6.29. The van der Waals surface area contributed by atoms with Gasteiger partial charge in [-0.05, 0) is 44.9 Å². The molecular formula is C18H21N3O6S. The number of esters is 1. The van der Waals surface area contributed by atoms with Gasteiger partial charge < -0.3 is 14.6 Å². The van der Waals surface area contributed by atoms with Crippen molar-refractivity contribution in [2.45, 2.75) is 31.6 Å². The second-order valence-electron chi connectivity index (χ2n) is 6.46. The summed E-state index contributed by atoms with van der Waals surface area (Å²) in [6.07, 6.45) is 1.68. The van der Waals surface area contributed by atoms with Gasteiger partial charge in [0.25, 0.3) is 5.91 Å². The lowest BCUT2D eigenvalue weighted by Crippen LogP contribution is -2.28. The molecule has 0 saturated carbocycles. The highest BCUT2D eigenvalue weighted by Gasteiger charge is 2.27. The summed E-state index contributed by atoms with van der Waals surface area (Å²) in [5.74, 6) is -0.990. The highest BCUT2D eigenvalue weighted by molar-refractivity contribution is 7.89. The fourth-order valence-corrected chi connectivity index (χ4v) is 4.55. The Morgan fingerprint density at radius 1 is 1.25 bits per heavy atom. The van der Waals surface area contributed by atoms with E-state index in [0.29, 0.717) is 30.2 Å². The fraction of sp³-hybridized carbons (Fsp3) is 0.389. The Morgan fingerprint density at radius 3 is 2.61 bits per heavy atom. The van der Waals surface area contributed by atoms with E-state index < -0.39 is 28.5 Å². The van der Waals surface area contributed by atoms with Gasteiger partial charge in [-0.2, -0.15) is 4.31 Å². The van der Waals surface area contributed by atoms with Crippen LogP contribution in [0.4, 0.5) is 5.69 Å². The zero-order valence-corrected chi connectivity index (χ0v) is 16.4. The van der Waals surface area contributed by atoms with Crippen LogP contribution < -0.4 is 5.32 Å². The quantitative estimate of drug-likeness (QED) is 0.726. The molecule has 0 bridgehead atoms. The van der Waals surface area contributed by atoms with Crippen LogP contribution in [0.1, 0.15) is 34.7 Å². The van der Waals surface area contributed by atoms with Crippen LogP contribution in [0.15, 0.2) is 33.7 Å². The average Bonchev–Trinajstić information content (AvgIpc) is 3.31. The van der Waals surface area contributed by atoms with Crippen molar-refractivity contribution in [1.29, 1.82) is 0 Å². The van der Waals surface area contributed by atoms with E-state index in [-0.39, 0.29) is 10.5 Å². The van der Waals surface area contributed by atoms with Crippen molar-refractivity contribution in [2.75, 3.05) is 25.0 Å². The van der Waals surface area contributed by atoms with E-state index in [0.717, 1.165) is 12.8 Å². The van der Waals surface area contributed by atoms with Gasteiger partial charge in [-0.15, -0.1) is 0 Å². The molecule has 1 aliphatic rings. The van der Waals surface area contributed by atoms with Crippen molar-refractivity contribution in [3.8, 4) is 0 Å². The number of hydrogen-bond acceptors (Lipinski definition) is 7. The Labute approximate surface area is 162 Å². The minimum atomic E-state index is -3.58. The van der Waals surface area contributed by atoms with Gasteiger partial charge in [0.1, 0.15) is 11.3 Å². The second kappa shape index (κ2) is 8.11. The number of nitrogens with one attached hydrogen (secondary N) is 1. The van der Waals surface area contributed by atoms with E-state index in [1.807, 2.05) is 0 Å². The van der Waals surface area contributed by atoms with Crippen molar-refractivity contribution < 1.29 is 27.3 Å². The zero-order chi connectivity index (χ0) is 20.3. The van der Waals surface area contributed by atoms with Gasteiger partial charge in [-0.25, -0.2) is 13.2 Å². The third kappa shape index (κ3) is 4.23. The fourth-order valence-electron chi connectivity index (χ4n) is 2.99. The van der Waals surface area contributed by atoms with Gasteiger partial charge in [0, 0.05) is 18.8 Å². The predicted molar refractivity (Wildman–Crippen MR) is 99.3 cm³/mol. The minimum absolute atomic E-state index is 0.111. The molecule has 28 heavy (non-hydrogen) atoms. The molecule has 3 rings (SSSR count). The molecule has 1 N–H and O–H groups in total. The van der Waals surface area contributed by atoms with Crippen LogP contribution in [0.5, 0.6) is 0 Å². The van der Waals surface area contributed by atoms with Crippen molar-refractivity contribution in [3.05, 3.63) is 41.3 Å². The number of benzene rings is 1. The summed E-state index contributed by atoms with van der Waals surface area (Å²) < 4.78 is 36.5. The molecule has 2 aromatic rings. The Bertz CT molecular complexity index is 973. The number of hydrogen-bond donors (Lipinski definition) is 1. The molecule has 1 fully saturated rings. The largest absolute Gasteiger partial charge is 0.452 e. The molecule has 10 heteroatoms. The molecule has 0 spiro atoms. The topological polar surface area (TPSA) is 119 Å². The number of sulfonamides is 1. The number of carbonyl (C=O) groups excluding carboxylic acids is 2. The molecule has 0 atom stereocenters. The van der Waals surface area contributed by atoms with Crippen LogP contribution in [0.3, 0.4) is 0 Å². The Kier molecular flexibility index (Phi) is 5.80. The second-order valence-corrected chi connectivity index (χ2v) is 8.40. The summed E-state index contributed by atoms with van der Waals surface area (Å²) in [5.41, 5.74) is 0.868. The van der Waals surface area contributed by atoms with E-state index in [2.05, 4.69) is 10.5 Å². The van der Waals surface area contributed by atoms with Crippen molar-refractivity contribution in [1.82, 2.24) is 9.46 Å². The highest BCUT2D eigenvalue weighted by atomic mass is 32.2. The van der Waals surface area contributed by atoms with Crippen molar-refractivity contribution >= 4 is 27.6 Å². The molecule has 0 aliphatic carbocycles. The average molecular weight is 407 g/mol. The molecule has 2 heterocycles. The van der Waals surface area contributed by atoms with E-state index >= 15 is 0 Å². The number of ether oxygens (including phenoxy) is 1. The van der Waals surface area contributed by atoms with Crippen LogP contribution in [0.2, 0.25) is 0 Å². The lowest BCUT2D eigenvalue weighted by molar-refractivity contribution is -0.119. The molecular weight excluding hydrogens is 386 g/mol. The van der Waals surface area contributed by atoms with E-state index in [1.165, 1.54) is 16.4 Å². The Morgan fingerprint density at radius 2 is 1.96 bits per heavy atom. The van der Waals surface area contributed by atoms with Crippen LogP contribution in [-0.2, 0) is 19.6 Å². The number of carbonyl (C=O) groups is 2. The van der Waals surface area contributed by atoms with Gasteiger partial charge in [-0.1, -0.05) is 11.2 Å². The maximum Gasteiger partial charge on any atom is 0.344 e. The SMILES string of the molecule is Cc1noc(C)c1C(=O)OCC(=O)Nc1cccc(S(=O)(=O)N2CCCC2)c1. The maximum atomic E-state index is 12.6. The minimum Gasteiger partial charge on any atom is -0.452 e. The van der Waals surface area contributed by atoms with Gasteiger partial charge in [0.05, 0.1) is 10.6 Å². The van der Waals surface area contributed by atoms with Crippen LogP contribution in [0, 0.1) is 13.8 Å². The number of aryl methyl sites for hydroxylation is 2. The lowest BCUT2D eigenvalue weighted by Gasteiger charge is -2.16. The summed E-state index contributed by atoms with van der Waals surface area (Å²) in [6, 6.07) is 5.99. The Hall–Kier alpha value is -2.72. The first-order chi connectivity index (χ1) is 13.3. The molecule has 1 saturated heterocycles. The predicted octanol–water partition coefficient (Wildman–Crippen LogP) is 1.87. The summed E-state index contributed by atoms with van der Waals surface area (Å²) in [6.45, 7) is 3.64. The maximum absolute atomic E-state index is 12.6. The van der Waals surface area contributed by atoms with Gasteiger partial charge in [0.15, 0.2) is 6.61 Å². The first-order valence-corrected chi connectivity index (χ1v) is 10.2.